The molecule has 0 aromatic carbocycles. The first-order valence-corrected chi connectivity index (χ1v) is 8.58. The molecule has 6 heteroatoms. The molecule has 2 saturated carbocycles. The number of nitrogens with zero attached hydrogens (tertiary/aromatic N) is 2. The Labute approximate surface area is 135 Å². The molecule has 2 fully saturated rings. The van der Waals surface area contributed by atoms with E-state index in [1.54, 1.807) is 0 Å². The maximum atomic E-state index is 12.5. The number of hydrogen-bond acceptors (Lipinski definition) is 3. The van der Waals surface area contributed by atoms with Crippen molar-refractivity contribution >= 4 is 11.8 Å². The van der Waals surface area contributed by atoms with Crippen LogP contribution in [0.2, 0.25) is 0 Å². The molecule has 2 amide bonds. The average molecular weight is 317 g/mol. The molecular weight excluding hydrogens is 294 g/mol. The van der Waals surface area contributed by atoms with Crippen molar-refractivity contribution < 1.29 is 14.7 Å². The Morgan fingerprint density at radius 2 is 1.91 bits per heavy atom. The highest BCUT2D eigenvalue weighted by Gasteiger charge is 2.36. The zero-order valence-corrected chi connectivity index (χ0v) is 13.2. The van der Waals surface area contributed by atoms with Crippen LogP contribution in [0.5, 0.6) is 0 Å². The second-order valence-corrected chi connectivity index (χ2v) is 7.01. The zero-order valence-electron chi connectivity index (χ0n) is 13.2. The number of amides is 2. The van der Waals surface area contributed by atoms with Gasteiger partial charge in [0.2, 0.25) is 5.91 Å². The van der Waals surface area contributed by atoms with E-state index in [1.807, 2.05) is 17.0 Å². The smallest absolute Gasteiger partial charge is 0.268 e. The topological polar surface area (TPSA) is 74.6 Å². The van der Waals surface area contributed by atoms with Crippen LogP contribution < -0.4 is 5.32 Å². The van der Waals surface area contributed by atoms with E-state index in [1.165, 1.54) is 0 Å². The van der Waals surface area contributed by atoms with Crippen molar-refractivity contribution in [1.29, 1.82) is 0 Å². The van der Waals surface area contributed by atoms with Crippen molar-refractivity contribution in [1.82, 2.24) is 14.8 Å². The van der Waals surface area contributed by atoms with E-state index in [0.29, 0.717) is 44.2 Å². The highest BCUT2D eigenvalue weighted by atomic mass is 16.3. The van der Waals surface area contributed by atoms with E-state index in [4.69, 9.17) is 0 Å². The Balaban J connectivity index is 1.43. The van der Waals surface area contributed by atoms with Gasteiger partial charge in [0.05, 0.1) is 6.10 Å². The number of rotatable bonds is 3. The normalized spacial score (nSPS) is 26.9. The van der Waals surface area contributed by atoms with Crippen LogP contribution in [0.15, 0.2) is 12.1 Å². The molecule has 1 aromatic rings. The molecular formula is C17H23N3O3. The van der Waals surface area contributed by atoms with Crippen molar-refractivity contribution in [2.24, 2.45) is 5.92 Å². The predicted molar refractivity (Wildman–Crippen MR) is 83.9 cm³/mol. The number of aromatic nitrogens is 1. The summed E-state index contributed by atoms with van der Waals surface area (Å²) in [6.45, 7) is 1.99. The third kappa shape index (κ3) is 2.87. The summed E-state index contributed by atoms with van der Waals surface area (Å²) in [7, 11) is 0. The van der Waals surface area contributed by atoms with Crippen molar-refractivity contribution in [2.75, 3.05) is 13.1 Å². The fraction of sp³-hybridized carbons (Fsp3) is 0.647. The van der Waals surface area contributed by atoms with Gasteiger partial charge in [0.1, 0.15) is 5.69 Å². The summed E-state index contributed by atoms with van der Waals surface area (Å²) < 4.78 is 2.06. The molecule has 0 spiro atoms. The molecule has 0 saturated heterocycles. The molecule has 3 aliphatic rings. The minimum absolute atomic E-state index is 0.000594. The molecule has 0 atom stereocenters. The maximum absolute atomic E-state index is 12.5. The minimum atomic E-state index is -0.303. The van der Waals surface area contributed by atoms with Gasteiger partial charge in [-0.15, -0.1) is 0 Å². The van der Waals surface area contributed by atoms with Crippen LogP contribution in [0.1, 0.15) is 41.9 Å². The lowest BCUT2D eigenvalue weighted by molar-refractivity contribution is -0.142. The quantitative estimate of drug-likeness (QED) is 0.854. The Morgan fingerprint density at radius 3 is 2.61 bits per heavy atom. The maximum Gasteiger partial charge on any atom is 0.268 e. The van der Waals surface area contributed by atoms with Crippen LogP contribution in [0.25, 0.3) is 0 Å². The molecule has 1 aliphatic heterocycles. The van der Waals surface area contributed by atoms with Crippen molar-refractivity contribution in [2.45, 2.75) is 50.8 Å². The average Bonchev–Trinajstić information content (AvgIpc) is 3.26. The fourth-order valence-corrected chi connectivity index (χ4v) is 3.53. The minimum Gasteiger partial charge on any atom is -0.393 e. The van der Waals surface area contributed by atoms with E-state index < -0.39 is 0 Å². The van der Waals surface area contributed by atoms with Crippen LogP contribution >= 0.6 is 0 Å². The molecule has 23 heavy (non-hydrogen) atoms. The van der Waals surface area contributed by atoms with E-state index in [0.717, 1.165) is 25.0 Å². The molecule has 0 radical (unpaired) electrons. The van der Waals surface area contributed by atoms with Gasteiger partial charge in [-0.3, -0.25) is 9.59 Å². The van der Waals surface area contributed by atoms with Gasteiger partial charge in [-0.2, -0.15) is 0 Å². The van der Waals surface area contributed by atoms with Gasteiger partial charge in [0.15, 0.2) is 0 Å². The molecule has 0 unspecified atom stereocenters. The number of carbonyl (C=O) groups is 2. The van der Waals surface area contributed by atoms with Crippen LogP contribution in [0, 0.1) is 5.92 Å². The third-order valence-electron chi connectivity index (χ3n) is 5.22. The summed E-state index contributed by atoms with van der Waals surface area (Å²) in [6, 6.07) is 4.25. The van der Waals surface area contributed by atoms with Gasteiger partial charge in [0.25, 0.3) is 5.91 Å². The molecule has 0 bridgehead atoms. The number of hydrogen-bond donors (Lipinski definition) is 2. The van der Waals surface area contributed by atoms with Gasteiger partial charge in [-0.25, -0.2) is 0 Å². The standard InChI is InChI=1S/C17H23N3O3/c21-14-9-11(10-14)17(23)19-6-5-13-3-4-15(20(13)8-7-19)16(22)18-12-1-2-12/h3-4,11-12,14,21H,1-2,5-10H2,(H,18,22). The van der Waals surface area contributed by atoms with Crippen molar-refractivity contribution in [3.8, 4) is 0 Å². The second-order valence-electron chi connectivity index (χ2n) is 7.01. The summed E-state index contributed by atoms with van der Waals surface area (Å²) >= 11 is 0. The van der Waals surface area contributed by atoms with Gasteiger partial charge in [-0.05, 0) is 37.8 Å². The number of fused-ring (bicyclic) bond motifs is 1. The Morgan fingerprint density at radius 1 is 1.13 bits per heavy atom. The summed E-state index contributed by atoms with van der Waals surface area (Å²) in [6.07, 6.45) is 3.82. The van der Waals surface area contributed by atoms with Crippen LogP contribution in [0.4, 0.5) is 0 Å². The first kappa shape index (κ1) is 14.8. The summed E-state index contributed by atoms with van der Waals surface area (Å²) in [5.41, 5.74) is 1.83. The van der Waals surface area contributed by atoms with Crippen LogP contribution in [-0.2, 0) is 17.8 Å². The van der Waals surface area contributed by atoms with E-state index in [9.17, 15) is 14.7 Å². The summed E-state index contributed by atoms with van der Waals surface area (Å²) in [4.78, 5) is 26.7. The molecule has 2 heterocycles. The molecule has 4 rings (SSSR count). The Hall–Kier alpha value is -1.82. The first-order valence-electron chi connectivity index (χ1n) is 8.58. The SMILES string of the molecule is O=C(NC1CC1)c1ccc2n1CCN(C(=O)C1CC(O)C1)CC2. The first-order chi connectivity index (χ1) is 11.1. The lowest BCUT2D eigenvalue weighted by atomic mass is 9.81. The van der Waals surface area contributed by atoms with Crippen molar-refractivity contribution in [3.63, 3.8) is 0 Å². The van der Waals surface area contributed by atoms with Crippen molar-refractivity contribution in [3.05, 3.63) is 23.5 Å². The number of aliphatic hydroxyl groups is 1. The molecule has 1 aromatic heterocycles. The number of aliphatic hydroxyl groups excluding tert-OH is 1. The Bertz CT molecular complexity index is 629. The van der Waals surface area contributed by atoms with Gasteiger partial charge in [0, 0.05) is 43.7 Å². The van der Waals surface area contributed by atoms with Gasteiger partial charge < -0.3 is 19.9 Å². The molecule has 124 valence electrons. The summed E-state index contributed by atoms with van der Waals surface area (Å²) in [5, 5.41) is 12.4. The molecule has 6 nitrogen and oxygen atoms in total. The lowest BCUT2D eigenvalue weighted by Gasteiger charge is -2.34. The molecule has 2 aliphatic carbocycles. The predicted octanol–water partition coefficient (Wildman–Crippen LogP) is 0.536. The van der Waals surface area contributed by atoms with E-state index in [-0.39, 0.29) is 23.8 Å². The Kier molecular flexibility index (Phi) is 3.64. The monoisotopic (exact) mass is 317 g/mol. The second kappa shape index (κ2) is 5.67. The zero-order chi connectivity index (χ0) is 16.0. The van der Waals surface area contributed by atoms with Crippen LogP contribution in [0.3, 0.4) is 0 Å². The molecule has 2 N–H and O–H groups in total. The van der Waals surface area contributed by atoms with Gasteiger partial charge in [-0.1, -0.05) is 0 Å². The van der Waals surface area contributed by atoms with E-state index >= 15 is 0 Å². The fourth-order valence-electron chi connectivity index (χ4n) is 3.53. The largest absolute Gasteiger partial charge is 0.393 e. The highest BCUT2D eigenvalue weighted by molar-refractivity contribution is 5.93. The number of nitrogens with one attached hydrogen (secondary N) is 1. The third-order valence-corrected chi connectivity index (χ3v) is 5.22. The van der Waals surface area contributed by atoms with Crippen LogP contribution in [-0.4, -0.2) is 51.6 Å². The number of carbonyl (C=O) groups excluding carboxylic acids is 2. The highest BCUT2D eigenvalue weighted by Crippen LogP contribution is 2.29. The van der Waals surface area contributed by atoms with Gasteiger partial charge >= 0.3 is 0 Å². The van der Waals surface area contributed by atoms with E-state index in [2.05, 4.69) is 9.88 Å². The lowest BCUT2D eigenvalue weighted by Crippen LogP contribution is -2.44. The summed E-state index contributed by atoms with van der Waals surface area (Å²) in [5.74, 6) is 0.144.